The molecule has 0 radical (unpaired) electrons. The van der Waals surface area contributed by atoms with Gasteiger partial charge in [-0.15, -0.1) is 0 Å². The molecule has 0 saturated heterocycles. The summed E-state index contributed by atoms with van der Waals surface area (Å²) in [5.41, 5.74) is -0.898. The summed E-state index contributed by atoms with van der Waals surface area (Å²) in [5.74, 6) is -1.39. The first-order valence-electron chi connectivity index (χ1n) is 14.1. The highest BCUT2D eigenvalue weighted by atomic mass is 16.5. The van der Waals surface area contributed by atoms with Crippen LogP contribution in [0, 0.1) is 51.2 Å². The molecular formula is C30H44O7. The quantitative estimate of drug-likeness (QED) is 0.366. The summed E-state index contributed by atoms with van der Waals surface area (Å²) in [6.45, 7) is 13.1. The Hall–Kier alpha value is -1.57. The molecule has 5 saturated carbocycles. The zero-order valence-corrected chi connectivity index (χ0v) is 23.0. The standard InChI is InChI=1S/C30H44O7/c1-15(13-31)16(2)25(35)26(36)24-21(37-18(4)32)12-28(6)22-8-7-19-17(3)20(33)11-23(34)30(19)14-29(22,30)10-9-27(24,28)5/h15,17,19,21-24,26,31,34,36H,2,7-14H2,1,3-6H3/t15-,17-,19-,21-,22-,23-,24?,26+,27+,28-,29-,30+/m0/s1. The smallest absolute Gasteiger partial charge is 0.302 e. The number of carbonyl (C=O) groups is 3. The van der Waals surface area contributed by atoms with Gasteiger partial charge >= 0.3 is 5.97 Å². The Labute approximate surface area is 220 Å². The minimum Gasteiger partial charge on any atom is -0.462 e. The highest BCUT2D eigenvalue weighted by Gasteiger charge is 2.84. The number of carbonyl (C=O) groups excluding carboxylic acids is 3. The zero-order valence-electron chi connectivity index (χ0n) is 23.0. The highest BCUT2D eigenvalue weighted by molar-refractivity contribution is 5.99. The van der Waals surface area contributed by atoms with E-state index in [2.05, 4.69) is 20.4 Å². The molecule has 5 rings (SSSR count). The fourth-order valence-electron chi connectivity index (χ4n) is 10.5. The van der Waals surface area contributed by atoms with Gasteiger partial charge in [-0.1, -0.05) is 34.3 Å². The lowest BCUT2D eigenvalue weighted by Gasteiger charge is -2.61. The Kier molecular flexibility index (Phi) is 6.18. The van der Waals surface area contributed by atoms with Gasteiger partial charge in [-0.3, -0.25) is 14.4 Å². The van der Waals surface area contributed by atoms with Gasteiger partial charge in [0.15, 0.2) is 5.78 Å². The van der Waals surface area contributed by atoms with Crippen molar-refractivity contribution in [1.29, 1.82) is 0 Å². The third-order valence-electron chi connectivity index (χ3n) is 12.6. The predicted octanol–water partition coefficient (Wildman–Crippen LogP) is 3.23. The van der Waals surface area contributed by atoms with E-state index in [0.29, 0.717) is 6.42 Å². The zero-order chi connectivity index (χ0) is 27.3. The van der Waals surface area contributed by atoms with Gasteiger partial charge in [0, 0.05) is 43.1 Å². The van der Waals surface area contributed by atoms with Crippen LogP contribution >= 0.6 is 0 Å². The second kappa shape index (κ2) is 8.46. The van der Waals surface area contributed by atoms with Crippen LogP contribution in [0.25, 0.3) is 0 Å². The third kappa shape index (κ3) is 3.26. The average Bonchev–Trinajstić information content (AvgIpc) is 3.47. The molecular weight excluding hydrogens is 472 g/mol. The van der Waals surface area contributed by atoms with E-state index >= 15 is 0 Å². The fourth-order valence-corrected chi connectivity index (χ4v) is 10.5. The molecule has 206 valence electrons. The van der Waals surface area contributed by atoms with Crippen molar-refractivity contribution >= 4 is 17.5 Å². The van der Waals surface area contributed by atoms with Crippen LogP contribution in [0.15, 0.2) is 12.2 Å². The number of ether oxygens (including phenoxy) is 1. The molecule has 3 N–H and O–H groups in total. The summed E-state index contributed by atoms with van der Waals surface area (Å²) in [6.07, 6.45) is 2.54. The van der Waals surface area contributed by atoms with Crippen molar-refractivity contribution in [3.8, 4) is 0 Å². The van der Waals surface area contributed by atoms with Crippen LogP contribution in [-0.4, -0.2) is 57.8 Å². The summed E-state index contributed by atoms with van der Waals surface area (Å²) in [4.78, 5) is 38.2. The minimum absolute atomic E-state index is 0.0334. The Balaban J connectivity index is 1.53. The molecule has 0 bridgehead atoms. The molecule has 0 amide bonds. The van der Waals surface area contributed by atoms with Gasteiger partial charge in [-0.05, 0) is 72.2 Å². The maximum absolute atomic E-state index is 13.4. The molecule has 7 heteroatoms. The molecule has 0 aromatic rings. The second-order valence-electron chi connectivity index (χ2n) is 13.7. The van der Waals surface area contributed by atoms with E-state index in [1.807, 2.05) is 6.92 Å². The first-order valence-corrected chi connectivity index (χ1v) is 14.1. The van der Waals surface area contributed by atoms with Crippen molar-refractivity contribution in [3.05, 3.63) is 12.2 Å². The van der Waals surface area contributed by atoms with Gasteiger partial charge in [-0.2, -0.15) is 0 Å². The number of Topliss-reactive ketones (excluding diaryl/α,β-unsaturated/α-hetero) is 2. The molecule has 7 nitrogen and oxygen atoms in total. The van der Waals surface area contributed by atoms with Gasteiger partial charge in [0.25, 0.3) is 0 Å². The third-order valence-corrected chi connectivity index (χ3v) is 12.6. The monoisotopic (exact) mass is 516 g/mol. The SMILES string of the molecule is C=C(C(=O)[C@H](O)C1[C@@H](OC(C)=O)C[C@@]2(C)[C@@H]3CC[C@H]4[C@H](C)C(=O)C[C@H](O)[C@@]45C[C@@]35CC[C@]12C)[C@@H](C)CO. The molecule has 12 atom stereocenters. The van der Waals surface area contributed by atoms with Crippen molar-refractivity contribution < 1.29 is 34.4 Å². The topological polar surface area (TPSA) is 121 Å². The normalized spacial score (nSPS) is 49.6. The molecule has 0 aromatic heterocycles. The predicted molar refractivity (Wildman–Crippen MR) is 136 cm³/mol. The van der Waals surface area contributed by atoms with Crippen molar-refractivity contribution in [3.63, 3.8) is 0 Å². The summed E-state index contributed by atoms with van der Waals surface area (Å²) < 4.78 is 5.84. The molecule has 1 unspecified atom stereocenters. The molecule has 0 heterocycles. The molecule has 0 aromatic carbocycles. The van der Waals surface area contributed by atoms with Crippen LogP contribution in [0.4, 0.5) is 0 Å². The number of hydrogen-bond acceptors (Lipinski definition) is 7. The highest BCUT2D eigenvalue weighted by Crippen LogP contribution is 2.87. The molecule has 0 aliphatic heterocycles. The summed E-state index contributed by atoms with van der Waals surface area (Å²) in [6, 6.07) is 0. The van der Waals surface area contributed by atoms with Crippen molar-refractivity contribution in [2.75, 3.05) is 6.61 Å². The van der Waals surface area contributed by atoms with Gasteiger partial charge < -0.3 is 20.1 Å². The fraction of sp³-hybridized carbons (Fsp3) is 0.833. The lowest BCUT2D eigenvalue weighted by molar-refractivity contribution is -0.170. The molecule has 5 aliphatic carbocycles. The summed E-state index contributed by atoms with van der Waals surface area (Å²) in [7, 11) is 0. The van der Waals surface area contributed by atoms with Crippen molar-refractivity contribution in [2.45, 2.75) is 97.9 Å². The number of esters is 1. The van der Waals surface area contributed by atoms with Crippen LogP contribution in [0.3, 0.4) is 0 Å². The number of aliphatic hydroxyl groups excluding tert-OH is 3. The maximum Gasteiger partial charge on any atom is 0.302 e. The van der Waals surface area contributed by atoms with Crippen LogP contribution in [0.1, 0.15) is 79.6 Å². The van der Waals surface area contributed by atoms with Gasteiger partial charge in [0.2, 0.25) is 0 Å². The first kappa shape index (κ1) is 27.0. The maximum atomic E-state index is 13.4. The summed E-state index contributed by atoms with van der Waals surface area (Å²) >= 11 is 0. The Morgan fingerprint density at radius 1 is 1.19 bits per heavy atom. The van der Waals surface area contributed by atoms with Crippen LogP contribution in [0.5, 0.6) is 0 Å². The Bertz CT molecular complexity index is 1040. The van der Waals surface area contributed by atoms with E-state index in [0.717, 1.165) is 32.1 Å². The number of fused-ring (bicyclic) bond motifs is 2. The van der Waals surface area contributed by atoms with E-state index in [1.54, 1.807) is 6.92 Å². The largest absolute Gasteiger partial charge is 0.462 e. The van der Waals surface area contributed by atoms with Crippen molar-refractivity contribution in [2.24, 2.45) is 51.2 Å². The molecule has 5 fully saturated rings. The van der Waals surface area contributed by atoms with Crippen LogP contribution in [0.2, 0.25) is 0 Å². The number of ketones is 2. The molecule has 2 spiro atoms. The van der Waals surface area contributed by atoms with E-state index in [1.165, 1.54) is 6.92 Å². The van der Waals surface area contributed by atoms with Gasteiger partial charge in [0.05, 0.1) is 6.10 Å². The number of rotatable bonds is 6. The second-order valence-corrected chi connectivity index (χ2v) is 13.7. The average molecular weight is 517 g/mol. The van der Waals surface area contributed by atoms with Gasteiger partial charge in [0.1, 0.15) is 18.0 Å². The molecule has 37 heavy (non-hydrogen) atoms. The lowest BCUT2D eigenvalue weighted by atomic mass is 9.43. The summed E-state index contributed by atoms with van der Waals surface area (Å²) in [5, 5.41) is 32.4. The number of aliphatic hydroxyl groups is 3. The molecule has 5 aliphatic rings. The number of hydrogen-bond donors (Lipinski definition) is 3. The van der Waals surface area contributed by atoms with Crippen molar-refractivity contribution in [1.82, 2.24) is 0 Å². The van der Waals surface area contributed by atoms with Crippen LogP contribution < -0.4 is 0 Å². The van der Waals surface area contributed by atoms with E-state index in [4.69, 9.17) is 4.74 Å². The first-order chi connectivity index (χ1) is 17.2. The lowest BCUT2D eigenvalue weighted by Crippen LogP contribution is -2.59. The van der Waals surface area contributed by atoms with Crippen LogP contribution in [-0.2, 0) is 19.1 Å². The minimum atomic E-state index is -1.38. The Morgan fingerprint density at radius 3 is 2.49 bits per heavy atom. The van der Waals surface area contributed by atoms with E-state index < -0.39 is 47.3 Å². The van der Waals surface area contributed by atoms with Gasteiger partial charge in [-0.25, -0.2) is 0 Å². The van der Waals surface area contributed by atoms with E-state index in [9.17, 15) is 29.7 Å². The Morgan fingerprint density at radius 2 is 1.86 bits per heavy atom. The van der Waals surface area contributed by atoms with E-state index in [-0.39, 0.29) is 58.4 Å².